The van der Waals surface area contributed by atoms with Crippen LogP contribution in [0.1, 0.15) is 15.3 Å². The topological polar surface area (TPSA) is 66.9 Å². The molecule has 0 aliphatic heterocycles. The maximum Gasteiger partial charge on any atom is 0.244 e. The smallest absolute Gasteiger partial charge is 0.244 e. The molecule has 1 heterocycles. The van der Waals surface area contributed by atoms with Crippen LogP contribution in [0.15, 0.2) is 89.8 Å². The number of carbonyl (C=O) groups excluding carboxylic acids is 1. The van der Waals surface area contributed by atoms with Crippen molar-refractivity contribution < 1.29 is 17.9 Å². The molecule has 1 aromatic heterocycles. The predicted octanol–water partition coefficient (Wildman–Crippen LogP) is 5.08. The van der Waals surface area contributed by atoms with Crippen molar-refractivity contribution in [3.63, 3.8) is 0 Å². The highest BCUT2D eigenvalue weighted by molar-refractivity contribution is 7.89. The van der Waals surface area contributed by atoms with Gasteiger partial charge in [0.15, 0.2) is 0 Å². The number of nitrogens with zero attached hydrogens (tertiary/aromatic N) is 2. The van der Waals surface area contributed by atoms with Crippen molar-refractivity contribution in [3.05, 3.63) is 100 Å². The van der Waals surface area contributed by atoms with Gasteiger partial charge in [-0.25, -0.2) is 8.42 Å². The molecular formula is C28H30N2O4S2. The van der Waals surface area contributed by atoms with Crippen LogP contribution in [-0.4, -0.2) is 50.3 Å². The van der Waals surface area contributed by atoms with E-state index in [4.69, 9.17) is 4.74 Å². The fourth-order valence-electron chi connectivity index (χ4n) is 4.08. The van der Waals surface area contributed by atoms with Gasteiger partial charge < -0.3 is 9.64 Å². The van der Waals surface area contributed by atoms with Crippen LogP contribution in [0.2, 0.25) is 0 Å². The summed E-state index contributed by atoms with van der Waals surface area (Å²) in [6.45, 7) is 2.82. The number of benzene rings is 3. The van der Waals surface area contributed by atoms with Crippen LogP contribution < -0.4 is 0 Å². The molecule has 4 rings (SSSR count). The molecule has 6 nitrogen and oxygen atoms in total. The fraction of sp³-hybridized carbons (Fsp3) is 0.250. The zero-order chi connectivity index (χ0) is 25.5. The Morgan fingerprint density at radius 2 is 1.61 bits per heavy atom. The molecule has 3 aromatic carbocycles. The van der Waals surface area contributed by atoms with E-state index in [1.54, 1.807) is 34.4 Å². The number of methoxy groups -OCH3 is 1. The Morgan fingerprint density at radius 1 is 0.889 bits per heavy atom. The number of amides is 1. The van der Waals surface area contributed by atoms with E-state index in [1.807, 2.05) is 73.7 Å². The highest BCUT2D eigenvalue weighted by Crippen LogP contribution is 2.26. The number of ether oxygens (including phenoxy) is 1. The van der Waals surface area contributed by atoms with Crippen molar-refractivity contribution in [3.8, 4) is 0 Å². The van der Waals surface area contributed by atoms with Gasteiger partial charge in [0, 0.05) is 35.3 Å². The quantitative estimate of drug-likeness (QED) is 0.276. The maximum absolute atomic E-state index is 13.8. The standard InChI is InChI=1S/C28H30N2O4S2/c1-22-15-16-25(35-22)20-29(19-23-9-4-3-5-10-23)28(31)21-30(17-18-34-2)36(32,33)27-14-8-12-24-11-6-7-13-26(24)27/h3-16H,17-21H2,1-2H3. The number of fused-ring (bicyclic) bond motifs is 1. The zero-order valence-electron chi connectivity index (χ0n) is 20.5. The average Bonchev–Trinajstić information content (AvgIpc) is 3.30. The van der Waals surface area contributed by atoms with Gasteiger partial charge in [0.2, 0.25) is 15.9 Å². The Hall–Kier alpha value is -3.04. The van der Waals surface area contributed by atoms with Gasteiger partial charge in [-0.1, -0.05) is 66.7 Å². The first-order valence-corrected chi connectivity index (χ1v) is 14.0. The van der Waals surface area contributed by atoms with Gasteiger partial charge in [0.1, 0.15) is 0 Å². The van der Waals surface area contributed by atoms with Crippen LogP contribution >= 0.6 is 11.3 Å². The third-order valence-corrected chi connectivity index (χ3v) is 8.82. The second kappa shape index (κ2) is 11.8. The van der Waals surface area contributed by atoms with E-state index in [0.717, 1.165) is 20.7 Å². The molecule has 0 radical (unpaired) electrons. The van der Waals surface area contributed by atoms with E-state index in [1.165, 1.54) is 11.4 Å². The SMILES string of the molecule is COCCN(CC(=O)N(Cc1ccccc1)Cc1ccc(C)s1)S(=O)(=O)c1cccc2ccccc12. The zero-order valence-corrected chi connectivity index (χ0v) is 22.1. The van der Waals surface area contributed by atoms with E-state index in [0.29, 0.717) is 18.5 Å². The molecule has 0 N–H and O–H groups in total. The molecule has 0 atom stereocenters. The van der Waals surface area contributed by atoms with Gasteiger partial charge in [-0.15, -0.1) is 11.3 Å². The lowest BCUT2D eigenvalue weighted by Crippen LogP contribution is -2.43. The largest absolute Gasteiger partial charge is 0.383 e. The van der Waals surface area contributed by atoms with E-state index in [2.05, 4.69) is 0 Å². The first-order chi connectivity index (χ1) is 17.4. The second-order valence-corrected chi connectivity index (χ2v) is 11.8. The molecule has 0 aliphatic rings. The van der Waals surface area contributed by atoms with Crippen LogP contribution in [0.5, 0.6) is 0 Å². The average molecular weight is 523 g/mol. The van der Waals surface area contributed by atoms with Crippen LogP contribution in [0, 0.1) is 6.92 Å². The Labute approximate surface area is 216 Å². The summed E-state index contributed by atoms with van der Waals surface area (Å²) in [6.07, 6.45) is 0. The molecule has 0 fully saturated rings. The molecule has 0 unspecified atom stereocenters. The Morgan fingerprint density at radius 3 is 2.33 bits per heavy atom. The number of thiophene rings is 1. The van der Waals surface area contributed by atoms with Gasteiger partial charge >= 0.3 is 0 Å². The molecule has 4 aromatic rings. The Kier molecular flexibility index (Phi) is 8.53. The number of aryl methyl sites for hydroxylation is 1. The van der Waals surface area contributed by atoms with E-state index >= 15 is 0 Å². The summed E-state index contributed by atoms with van der Waals surface area (Å²) < 4.78 is 34.1. The molecule has 1 amide bonds. The van der Waals surface area contributed by atoms with E-state index in [9.17, 15) is 13.2 Å². The molecule has 36 heavy (non-hydrogen) atoms. The predicted molar refractivity (Wildman–Crippen MR) is 144 cm³/mol. The van der Waals surface area contributed by atoms with Crippen LogP contribution in [0.4, 0.5) is 0 Å². The molecule has 0 bridgehead atoms. The molecule has 188 valence electrons. The number of hydrogen-bond donors (Lipinski definition) is 0. The highest BCUT2D eigenvalue weighted by Gasteiger charge is 2.30. The summed E-state index contributed by atoms with van der Waals surface area (Å²) in [5.74, 6) is -0.259. The van der Waals surface area contributed by atoms with Gasteiger partial charge in [-0.2, -0.15) is 4.31 Å². The van der Waals surface area contributed by atoms with E-state index in [-0.39, 0.29) is 30.5 Å². The van der Waals surface area contributed by atoms with Crippen LogP contribution in [0.25, 0.3) is 10.8 Å². The molecule has 8 heteroatoms. The molecular weight excluding hydrogens is 492 g/mol. The lowest BCUT2D eigenvalue weighted by molar-refractivity contribution is -0.132. The summed E-state index contributed by atoms with van der Waals surface area (Å²) in [7, 11) is -2.44. The van der Waals surface area contributed by atoms with Crippen LogP contribution in [0.3, 0.4) is 0 Å². The minimum atomic E-state index is -3.96. The van der Waals surface area contributed by atoms with E-state index < -0.39 is 10.0 Å². The van der Waals surface area contributed by atoms with Crippen molar-refractivity contribution in [2.45, 2.75) is 24.9 Å². The third kappa shape index (κ3) is 6.20. The van der Waals surface area contributed by atoms with Crippen molar-refractivity contribution in [1.29, 1.82) is 0 Å². The summed E-state index contributed by atoms with van der Waals surface area (Å²) in [5, 5.41) is 1.46. The van der Waals surface area contributed by atoms with Crippen molar-refractivity contribution >= 4 is 38.0 Å². The maximum atomic E-state index is 13.8. The number of hydrogen-bond acceptors (Lipinski definition) is 5. The molecule has 0 spiro atoms. The first-order valence-electron chi connectivity index (χ1n) is 11.7. The summed E-state index contributed by atoms with van der Waals surface area (Å²) >= 11 is 1.63. The van der Waals surface area contributed by atoms with Crippen molar-refractivity contribution in [1.82, 2.24) is 9.21 Å². The summed E-state index contributed by atoms with van der Waals surface area (Å²) in [4.78, 5) is 17.8. The highest BCUT2D eigenvalue weighted by atomic mass is 32.2. The number of carbonyl (C=O) groups is 1. The monoisotopic (exact) mass is 522 g/mol. The fourth-order valence-corrected chi connectivity index (χ4v) is 6.58. The lowest BCUT2D eigenvalue weighted by atomic mass is 10.1. The van der Waals surface area contributed by atoms with Gasteiger partial charge in [-0.05, 0) is 36.1 Å². The van der Waals surface area contributed by atoms with Gasteiger partial charge in [0.05, 0.1) is 24.6 Å². The van der Waals surface area contributed by atoms with Crippen LogP contribution in [-0.2, 0) is 32.6 Å². The second-order valence-electron chi connectivity index (χ2n) is 8.56. The first kappa shape index (κ1) is 26.0. The molecule has 0 saturated heterocycles. The number of sulfonamides is 1. The van der Waals surface area contributed by atoms with Gasteiger partial charge in [-0.3, -0.25) is 4.79 Å². The Balaban J connectivity index is 1.64. The summed E-state index contributed by atoms with van der Waals surface area (Å²) in [6, 6.07) is 26.3. The molecule has 0 saturated carbocycles. The van der Waals surface area contributed by atoms with Crippen molar-refractivity contribution in [2.75, 3.05) is 26.8 Å². The normalized spacial score (nSPS) is 11.8. The Bertz CT molecular complexity index is 1410. The third-order valence-electron chi connectivity index (χ3n) is 5.94. The molecule has 0 aliphatic carbocycles. The summed E-state index contributed by atoms with van der Waals surface area (Å²) in [5.41, 5.74) is 0.986. The number of rotatable bonds is 11. The van der Waals surface area contributed by atoms with Gasteiger partial charge in [0.25, 0.3) is 0 Å². The van der Waals surface area contributed by atoms with Crippen molar-refractivity contribution in [2.24, 2.45) is 0 Å². The minimum Gasteiger partial charge on any atom is -0.383 e. The minimum absolute atomic E-state index is 0.0745. The lowest BCUT2D eigenvalue weighted by Gasteiger charge is -2.27.